The third-order valence-electron chi connectivity index (χ3n) is 5.12. The first-order valence-corrected chi connectivity index (χ1v) is 8.65. The molecule has 2 atom stereocenters. The molecule has 1 aliphatic heterocycles. The van der Waals surface area contributed by atoms with E-state index in [1.807, 2.05) is 5.94 Å². The Labute approximate surface area is 136 Å². The molecule has 1 amide bonds. The Morgan fingerprint density at radius 3 is 2.57 bits per heavy atom. The molecule has 5 heteroatoms. The van der Waals surface area contributed by atoms with Crippen molar-refractivity contribution in [2.24, 2.45) is 17.8 Å². The number of hydrogen-bond donors (Lipinski definition) is 1. The van der Waals surface area contributed by atoms with E-state index < -0.39 is 5.92 Å². The largest absolute Gasteiger partial charge is 0.356 e. The van der Waals surface area contributed by atoms with Crippen molar-refractivity contribution >= 4 is 23.9 Å². The van der Waals surface area contributed by atoms with Gasteiger partial charge in [0.25, 0.3) is 0 Å². The monoisotopic (exact) mass is 319 g/mol. The van der Waals surface area contributed by atoms with Gasteiger partial charge in [-0.2, -0.15) is 0 Å². The lowest BCUT2D eigenvalue weighted by Crippen LogP contribution is -2.26. The molecule has 0 radical (unpaired) electrons. The van der Waals surface area contributed by atoms with Gasteiger partial charge in [0.2, 0.25) is 5.91 Å². The fraction of sp³-hybridized carbons (Fsp3) is 0.722. The summed E-state index contributed by atoms with van der Waals surface area (Å²) in [5.41, 5.74) is 0.183. The van der Waals surface area contributed by atoms with Crippen molar-refractivity contribution in [3.63, 3.8) is 0 Å². The highest BCUT2D eigenvalue weighted by molar-refractivity contribution is 6.04. The molecule has 126 valence electrons. The summed E-state index contributed by atoms with van der Waals surface area (Å²) in [4.78, 5) is 46.5. The van der Waals surface area contributed by atoms with Gasteiger partial charge in [0.05, 0.1) is 5.57 Å². The van der Waals surface area contributed by atoms with Crippen LogP contribution in [0.4, 0.5) is 0 Å². The van der Waals surface area contributed by atoms with Gasteiger partial charge in [-0.25, -0.2) is 4.79 Å². The molecule has 2 aliphatic rings. The molecule has 5 nitrogen and oxygen atoms in total. The van der Waals surface area contributed by atoms with Crippen molar-refractivity contribution < 1.29 is 19.2 Å². The maximum atomic E-state index is 12.6. The summed E-state index contributed by atoms with van der Waals surface area (Å²) in [5, 5.41) is 2.74. The number of ketones is 1. The van der Waals surface area contributed by atoms with Gasteiger partial charge in [-0.15, -0.1) is 0 Å². The molecule has 1 saturated carbocycles. The van der Waals surface area contributed by atoms with E-state index in [-0.39, 0.29) is 29.6 Å². The lowest BCUT2D eigenvalue weighted by Gasteiger charge is -2.23. The molecule has 0 aromatic rings. The quantitative estimate of drug-likeness (QED) is 0.421. The van der Waals surface area contributed by atoms with Crippen LogP contribution in [0.25, 0.3) is 0 Å². The highest BCUT2D eigenvalue weighted by Crippen LogP contribution is 2.31. The van der Waals surface area contributed by atoms with Gasteiger partial charge in [0.15, 0.2) is 5.78 Å². The minimum atomic E-state index is -0.568. The van der Waals surface area contributed by atoms with E-state index in [2.05, 4.69) is 5.32 Å². The molecule has 2 rings (SSSR count). The Morgan fingerprint density at radius 2 is 2.00 bits per heavy atom. The molecule has 0 bridgehead atoms. The summed E-state index contributed by atoms with van der Waals surface area (Å²) in [6.45, 7) is 0.615. The first kappa shape index (κ1) is 17.6. The van der Waals surface area contributed by atoms with Gasteiger partial charge in [0, 0.05) is 24.8 Å². The van der Waals surface area contributed by atoms with E-state index in [0.29, 0.717) is 38.0 Å². The zero-order valence-corrected chi connectivity index (χ0v) is 13.5. The molecule has 0 spiro atoms. The molecule has 2 fully saturated rings. The van der Waals surface area contributed by atoms with Gasteiger partial charge in [-0.1, -0.05) is 32.1 Å². The fourth-order valence-corrected chi connectivity index (χ4v) is 3.76. The Balaban J connectivity index is 2.00. The Morgan fingerprint density at radius 1 is 1.26 bits per heavy atom. The highest BCUT2D eigenvalue weighted by Gasteiger charge is 2.32. The van der Waals surface area contributed by atoms with Crippen molar-refractivity contribution in [3.05, 3.63) is 5.57 Å². The van der Waals surface area contributed by atoms with Crippen LogP contribution >= 0.6 is 0 Å². The summed E-state index contributed by atoms with van der Waals surface area (Å²) in [5.74, 6) is 1.06. The summed E-state index contributed by atoms with van der Waals surface area (Å²) in [7, 11) is 0. The first-order chi connectivity index (χ1) is 11.2. The van der Waals surface area contributed by atoms with Gasteiger partial charge >= 0.3 is 0 Å². The van der Waals surface area contributed by atoms with E-state index in [9.17, 15) is 19.2 Å². The summed E-state index contributed by atoms with van der Waals surface area (Å²) in [6.07, 6.45) is 7.86. The summed E-state index contributed by atoms with van der Waals surface area (Å²) in [6, 6.07) is 0. The number of nitrogens with one attached hydrogen (secondary N) is 1. The number of carbonyl (C=O) groups excluding carboxylic acids is 4. The lowest BCUT2D eigenvalue weighted by molar-refractivity contribution is -0.125. The maximum absolute atomic E-state index is 12.6. The number of rotatable bonds is 8. The zero-order valence-electron chi connectivity index (χ0n) is 13.5. The molecular formula is C18H25NO4. The van der Waals surface area contributed by atoms with Crippen molar-refractivity contribution in [2.75, 3.05) is 6.54 Å². The van der Waals surface area contributed by atoms with Crippen LogP contribution in [0.5, 0.6) is 0 Å². The maximum Gasteiger partial charge on any atom is 0.223 e. The van der Waals surface area contributed by atoms with E-state index in [0.717, 1.165) is 25.7 Å². The van der Waals surface area contributed by atoms with Crippen LogP contribution < -0.4 is 5.32 Å². The van der Waals surface area contributed by atoms with Crippen molar-refractivity contribution in [1.82, 2.24) is 5.32 Å². The molecule has 0 aromatic carbocycles. The number of Topliss-reactive ketones (excluding diaryl/α,β-unsaturated/α-hetero) is 1. The fourth-order valence-electron chi connectivity index (χ4n) is 3.76. The first-order valence-electron chi connectivity index (χ1n) is 8.65. The Bertz CT molecular complexity index is 501. The average molecular weight is 319 g/mol. The van der Waals surface area contributed by atoms with Crippen LogP contribution in [0.2, 0.25) is 0 Å². The van der Waals surface area contributed by atoms with E-state index in [1.54, 1.807) is 0 Å². The van der Waals surface area contributed by atoms with Crippen LogP contribution in [0.1, 0.15) is 57.8 Å². The number of carbonyl (C=O) groups is 3. The van der Waals surface area contributed by atoms with Crippen LogP contribution in [0.15, 0.2) is 5.57 Å². The Hall–Kier alpha value is -1.74. The van der Waals surface area contributed by atoms with E-state index >= 15 is 0 Å². The molecule has 1 aliphatic carbocycles. The van der Waals surface area contributed by atoms with Crippen LogP contribution in [0.3, 0.4) is 0 Å². The van der Waals surface area contributed by atoms with E-state index in [4.69, 9.17) is 0 Å². The number of amides is 1. The third kappa shape index (κ3) is 4.87. The lowest BCUT2D eigenvalue weighted by atomic mass is 9.80. The second kappa shape index (κ2) is 8.78. The van der Waals surface area contributed by atoms with Gasteiger partial charge in [-0.05, 0) is 25.2 Å². The predicted octanol–water partition coefficient (Wildman–Crippen LogP) is 2.02. The molecule has 1 saturated heterocycles. The highest BCUT2D eigenvalue weighted by atomic mass is 16.2. The number of allylic oxidation sites excluding steroid dienone is 1. The van der Waals surface area contributed by atoms with E-state index in [1.165, 1.54) is 6.42 Å². The number of aldehydes is 1. The van der Waals surface area contributed by atoms with Gasteiger partial charge in [-0.3, -0.25) is 9.59 Å². The topological polar surface area (TPSA) is 80.3 Å². The molecule has 2 unspecified atom stereocenters. The average Bonchev–Trinajstić information content (AvgIpc) is 2.97. The van der Waals surface area contributed by atoms with Crippen LogP contribution in [0, 0.1) is 17.8 Å². The SMILES string of the molecule is O=C=C(CC1CCCCC1)C(=O)C(CC=O)CC1CCNC1=O. The molecule has 23 heavy (non-hydrogen) atoms. The van der Waals surface area contributed by atoms with Crippen LogP contribution in [-0.4, -0.2) is 30.5 Å². The molecule has 1 heterocycles. The second-order valence-electron chi connectivity index (χ2n) is 6.76. The molecular weight excluding hydrogens is 294 g/mol. The van der Waals surface area contributed by atoms with Gasteiger partial charge < -0.3 is 10.1 Å². The second-order valence-corrected chi connectivity index (χ2v) is 6.76. The van der Waals surface area contributed by atoms with Gasteiger partial charge in [0.1, 0.15) is 12.2 Å². The summed E-state index contributed by atoms with van der Waals surface area (Å²) >= 11 is 0. The zero-order chi connectivity index (χ0) is 16.7. The normalized spacial score (nSPS) is 23.0. The van der Waals surface area contributed by atoms with Crippen molar-refractivity contribution in [3.8, 4) is 0 Å². The number of hydrogen-bond acceptors (Lipinski definition) is 4. The summed E-state index contributed by atoms with van der Waals surface area (Å²) < 4.78 is 0. The predicted molar refractivity (Wildman–Crippen MR) is 85.3 cm³/mol. The molecule has 1 N–H and O–H groups in total. The minimum absolute atomic E-state index is 0.0578. The molecule has 0 aromatic heterocycles. The van der Waals surface area contributed by atoms with Crippen LogP contribution in [-0.2, 0) is 19.2 Å². The Kier molecular flexibility index (Phi) is 6.72. The van der Waals surface area contributed by atoms with Crippen molar-refractivity contribution in [1.29, 1.82) is 0 Å². The van der Waals surface area contributed by atoms with Crippen molar-refractivity contribution in [2.45, 2.75) is 57.8 Å². The standard InChI is InChI=1S/C18H25NO4/c20-9-7-14(11-15-6-8-19-18(15)23)17(22)16(12-21)10-13-4-2-1-3-5-13/h9,13-15H,1-8,10-11H2,(H,19,23). The smallest absolute Gasteiger partial charge is 0.223 e. The minimum Gasteiger partial charge on any atom is -0.356 e. The third-order valence-corrected chi connectivity index (χ3v) is 5.12.